The van der Waals surface area contributed by atoms with E-state index in [1.165, 1.54) is 0 Å². The second kappa shape index (κ2) is 5.09. The third kappa shape index (κ3) is 2.74. The molecule has 0 bridgehead atoms. The summed E-state index contributed by atoms with van der Waals surface area (Å²) in [6.07, 6.45) is 1.32. The van der Waals surface area contributed by atoms with Gasteiger partial charge in [0, 0.05) is 0 Å². The topological polar surface area (TPSA) is 60.4 Å². The zero-order valence-electron chi connectivity index (χ0n) is 10.1. The van der Waals surface area contributed by atoms with Crippen molar-refractivity contribution in [3.63, 3.8) is 0 Å². The Labute approximate surface area is 115 Å². The second-order valence-electron chi connectivity index (χ2n) is 4.40. The monoisotopic (exact) mass is 306 g/mol. The van der Waals surface area contributed by atoms with Gasteiger partial charge in [0.1, 0.15) is 5.82 Å². The predicted molar refractivity (Wildman–Crippen MR) is 67.1 cm³/mol. The van der Waals surface area contributed by atoms with E-state index < -0.39 is 26.9 Å². The number of hydrogen-bond donors (Lipinski definition) is 0. The van der Waals surface area contributed by atoms with Crippen LogP contribution in [0.15, 0.2) is 23.1 Å². The van der Waals surface area contributed by atoms with Crippen LogP contribution in [0.5, 0.6) is 0 Å². The maximum absolute atomic E-state index is 13.1. The fourth-order valence-corrected chi connectivity index (χ4v) is 4.09. The number of carbonyl (C=O) groups is 1. The van der Waals surface area contributed by atoms with Crippen molar-refractivity contribution in [1.29, 1.82) is 0 Å². The van der Waals surface area contributed by atoms with Crippen LogP contribution in [0.3, 0.4) is 0 Å². The average Bonchev–Trinajstić information content (AvgIpc) is 3.16. The van der Waals surface area contributed by atoms with Crippen LogP contribution in [0.4, 0.5) is 4.39 Å². The lowest BCUT2D eigenvalue weighted by Crippen LogP contribution is -2.33. The first-order chi connectivity index (χ1) is 8.87. The fraction of sp³-hybridized carbons (Fsp3) is 0.417. The first-order valence-corrected chi connectivity index (χ1v) is 7.57. The molecule has 1 aliphatic rings. The van der Waals surface area contributed by atoms with Crippen LogP contribution in [0, 0.1) is 11.7 Å². The molecular weight excluding hydrogens is 295 g/mol. The highest BCUT2D eigenvalue weighted by atomic mass is 35.5. The van der Waals surface area contributed by atoms with Gasteiger partial charge in [0.15, 0.2) is 15.1 Å². The zero-order valence-corrected chi connectivity index (χ0v) is 11.7. The zero-order chi connectivity index (χ0) is 14.2. The Morgan fingerprint density at radius 2 is 2.11 bits per heavy atom. The van der Waals surface area contributed by atoms with E-state index in [1.54, 1.807) is 0 Å². The van der Waals surface area contributed by atoms with Gasteiger partial charge in [-0.05, 0) is 37.0 Å². The Balaban J connectivity index is 2.44. The molecule has 1 aliphatic carbocycles. The molecule has 0 aromatic heterocycles. The van der Waals surface area contributed by atoms with Crippen LogP contribution < -0.4 is 0 Å². The van der Waals surface area contributed by atoms with Crippen LogP contribution in [-0.4, -0.2) is 26.7 Å². The molecule has 0 N–H and O–H groups in total. The molecule has 0 aliphatic heterocycles. The number of ether oxygens (including phenoxy) is 1. The van der Waals surface area contributed by atoms with Crippen LogP contribution in [0.2, 0.25) is 5.02 Å². The lowest BCUT2D eigenvalue weighted by atomic mass is 10.3. The molecular formula is C12H12ClFO4S. The Morgan fingerprint density at radius 1 is 1.47 bits per heavy atom. The van der Waals surface area contributed by atoms with Gasteiger partial charge in [-0.2, -0.15) is 0 Å². The fourth-order valence-electron chi connectivity index (χ4n) is 1.89. The van der Waals surface area contributed by atoms with Gasteiger partial charge in [0.25, 0.3) is 0 Å². The highest BCUT2D eigenvalue weighted by Crippen LogP contribution is 2.39. The molecule has 19 heavy (non-hydrogen) atoms. The van der Waals surface area contributed by atoms with E-state index in [0.29, 0.717) is 12.8 Å². The average molecular weight is 307 g/mol. The van der Waals surface area contributed by atoms with E-state index in [1.807, 2.05) is 0 Å². The van der Waals surface area contributed by atoms with Gasteiger partial charge < -0.3 is 4.74 Å². The number of methoxy groups -OCH3 is 1. The van der Waals surface area contributed by atoms with Gasteiger partial charge >= 0.3 is 5.97 Å². The van der Waals surface area contributed by atoms with Gasteiger partial charge in [-0.25, -0.2) is 12.8 Å². The minimum Gasteiger partial charge on any atom is -0.468 e. The van der Waals surface area contributed by atoms with Crippen molar-refractivity contribution in [2.75, 3.05) is 7.11 Å². The number of sulfone groups is 1. The van der Waals surface area contributed by atoms with Crippen molar-refractivity contribution in [1.82, 2.24) is 0 Å². The molecule has 1 aromatic rings. The van der Waals surface area contributed by atoms with E-state index in [-0.39, 0.29) is 15.8 Å². The number of rotatable bonds is 4. The molecule has 104 valence electrons. The molecule has 4 nitrogen and oxygen atoms in total. The van der Waals surface area contributed by atoms with Gasteiger partial charge in [0.2, 0.25) is 0 Å². The molecule has 0 spiro atoms. The van der Waals surface area contributed by atoms with Crippen molar-refractivity contribution in [3.05, 3.63) is 29.0 Å². The molecule has 7 heteroatoms. The molecule has 1 saturated carbocycles. The van der Waals surface area contributed by atoms with Crippen LogP contribution in [-0.2, 0) is 19.4 Å². The molecule has 1 atom stereocenters. The Morgan fingerprint density at radius 3 is 2.58 bits per heavy atom. The van der Waals surface area contributed by atoms with E-state index in [2.05, 4.69) is 4.74 Å². The van der Waals surface area contributed by atoms with Crippen molar-refractivity contribution in [3.8, 4) is 0 Å². The Kier molecular flexibility index (Phi) is 3.82. The van der Waals surface area contributed by atoms with E-state index in [4.69, 9.17) is 11.6 Å². The largest absolute Gasteiger partial charge is 0.468 e. The summed E-state index contributed by atoms with van der Waals surface area (Å²) in [7, 11) is -2.77. The lowest BCUT2D eigenvalue weighted by molar-refractivity contribution is -0.140. The molecule has 1 fully saturated rings. The van der Waals surface area contributed by atoms with Crippen LogP contribution in [0.1, 0.15) is 12.8 Å². The third-order valence-corrected chi connectivity index (χ3v) is 5.48. The summed E-state index contributed by atoms with van der Waals surface area (Å²) in [5.74, 6) is -1.73. The van der Waals surface area contributed by atoms with Crippen molar-refractivity contribution in [2.45, 2.75) is 23.0 Å². The first-order valence-electron chi connectivity index (χ1n) is 5.64. The molecule has 1 aromatic carbocycles. The third-order valence-electron chi connectivity index (χ3n) is 3.04. The van der Waals surface area contributed by atoms with E-state index in [0.717, 1.165) is 25.3 Å². The summed E-state index contributed by atoms with van der Waals surface area (Å²) in [6, 6.07) is 3.09. The summed E-state index contributed by atoms with van der Waals surface area (Å²) >= 11 is 5.58. The Hall–Kier alpha value is -1.14. The summed E-state index contributed by atoms with van der Waals surface area (Å²) in [5, 5.41) is -1.53. The van der Waals surface area contributed by atoms with Gasteiger partial charge in [-0.15, -0.1) is 0 Å². The summed E-state index contributed by atoms with van der Waals surface area (Å²) in [6.45, 7) is 0. The highest BCUT2D eigenvalue weighted by Gasteiger charge is 2.46. The number of carbonyl (C=O) groups excluding carboxylic acids is 1. The highest BCUT2D eigenvalue weighted by molar-refractivity contribution is 7.92. The van der Waals surface area contributed by atoms with Crippen molar-refractivity contribution in [2.24, 2.45) is 5.92 Å². The number of halogens is 2. The number of benzene rings is 1. The molecule has 1 unspecified atom stereocenters. The Bertz CT molecular complexity index is 610. The number of hydrogen-bond acceptors (Lipinski definition) is 4. The molecule has 0 saturated heterocycles. The molecule has 2 rings (SSSR count). The predicted octanol–water partition coefficient (Wildman–Crippen LogP) is 2.20. The molecule has 0 radical (unpaired) electrons. The normalized spacial score (nSPS) is 17.0. The van der Waals surface area contributed by atoms with E-state index >= 15 is 0 Å². The maximum Gasteiger partial charge on any atom is 0.324 e. The van der Waals surface area contributed by atoms with Gasteiger partial charge in [0.05, 0.1) is 17.0 Å². The molecule has 0 heterocycles. The summed E-state index contributed by atoms with van der Waals surface area (Å²) in [5.41, 5.74) is 0. The minimum atomic E-state index is -3.91. The van der Waals surface area contributed by atoms with Crippen LogP contribution in [0.25, 0.3) is 0 Å². The molecule has 0 amide bonds. The van der Waals surface area contributed by atoms with Crippen molar-refractivity contribution >= 4 is 27.4 Å². The van der Waals surface area contributed by atoms with Crippen LogP contribution >= 0.6 is 11.6 Å². The summed E-state index contributed by atoms with van der Waals surface area (Å²) in [4.78, 5) is 11.5. The first kappa shape index (κ1) is 14.3. The second-order valence-corrected chi connectivity index (χ2v) is 6.88. The van der Waals surface area contributed by atoms with Gasteiger partial charge in [-0.1, -0.05) is 11.6 Å². The van der Waals surface area contributed by atoms with E-state index in [9.17, 15) is 17.6 Å². The SMILES string of the molecule is COC(=O)C(C1CC1)S(=O)(=O)c1ccc(F)c(Cl)c1. The smallest absolute Gasteiger partial charge is 0.324 e. The minimum absolute atomic E-state index is 0.166. The van der Waals surface area contributed by atoms with Gasteiger partial charge in [-0.3, -0.25) is 4.79 Å². The lowest BCUT2D eigenvalue weighted by Gasteiger charge is -2.15. The quantitative estimate of drug-likeness (QED) is 0.632. The maximum atomic E-state index is 13.1. The number of esters is 1. The standard InChI is InChI=1S/C12H12ClFO4S/c1-18-12(15)11(7-2-3-7)19(16,17)8-4-5-10(14)9(13)6-8/h4-7,11H,2-3H2,1H3. The summed E-state index contributed by atoms with van der Waals surface area (Å²) < 4.78 is 42.4. The van der Waals surface area contributed by atoms with Crippen molar-refractivity contribution < 1.29 is 22.3 Å².